The molecule has 168 valence electrons. The summed E-state index contributed by atoms with van der Waals surface area (Å²) >= 11 is 0. The summed E-state index contributed by atoms with van der Waals surface area (Å²) in [5, 5.41) is 3.65. The average molecular weight is 467 g/mol. The van der Waals surface area contributed by atoms with Crippen LogP contribution in [0.1, 0.15) is 17.5 Å². The van der Waals surface area contributed by atoms with Crippen LogP contribution in [-0.2, 0) is 37.8 Å². The maximum absolute atomic E-state index is 12.9. The number of sulfonamides is 2. The maximum Gasteiger partial charge on any atom is 0.243 e. The van der Waals surface area contributed by atoms with Crippen LogP contribution in [0.3, 0.4) is 0 Å². The lowest BCUT2D eigenvalue weighted by Gasteiger charge is -2.17. The molecule has 1 fully saturated rings. The molecule has 0 bridgehead atoms. The molecule has 1 aromatic heterocycles. The van der Waals surface area contributed by atoms with Gasteiger partial charge in [-0.3, -0.25) is 4.79 Å². The van der Waals surface area contributed by atoms with Crippen molar-refractivity contribution in [2.75, 3.05) is 19.6 Å². The largest absolute Gasteiger partial charge is 0.367 e. The van der Waals surface area contributed by atoms with E-state index >= 15 is 0 Å². The number of benzene rings is 1. The van der Waals surface area contributed by atoms with E-state index in [1.165, 1.54) is 16.4 Å². The van der Waals surface area contributed by atoms with Crippen molar-refractivity contribution < 1.29 is 21.6 Å². The van der Waals surface area contributed by atoms with Crippen molar-refractivity contribution >= 4 is 26.0 Å². The third kappa shape index (κ3) is 6.26. The number of rotatable bonds is 10. The van der Waals surface area contributed by atoms with Crippen molar-refractivity contribution in [1.29, 1.82) is 0 Å². The Morgan fingerprint density at radius 2 is 1.90 bits per heavy atom. The van der Waals surface area contributed by atoms with Crippen LogP contribution in [0, 0.1) is 5.92 Å². The van der Waals surface area contributed by atoms with Gasteiger partial charge in [-0.15, -0.1) is 0 Å². The number of hydrogen-bond acceptors (Lipinski definition) is 5. The molecular weight excluding hydrogens is 440 g/mol. The van der Waals surface area contributed by atoms with Crippen molar-refractivity contribution in [3.63, 3.8) is 0 Å². The molecule has 3 N–H and O–H groups in total. The van der Waals surface area contributed by atoms with Crippen molar-refractivity contribution in [2.45, 2.75) is 24.3 Å². The first-order valence-corrected chi connectivity index (χ1v) is 12.8. The van der Waals surface area contributed by atoms with Crippen molar-refractivity contribution in [2.24, 2.45) is 5.92 Å². The fourth-order valence-corrected chi connectivity index (χ4v) is 5.44. The van der Waals surface area contributed by atoms with Gasteiger partial charge in [0.1, 0.15) is 0 Å². The highest BCUT2D eigenvalue weighted by atomic mass is 32.2. The normalized spacial score (nSPS) is 17.5. The molecular formula is C20H26N4O5S2. The molecule has 1 aliphatic rings. The first-order valence-electron chi connectivity index (χ1n) is 9.79. The minimum Gasteiger partial charge on any atom is -0.367 e. The van der Waals surface area contributed by atoms with Crippen LogP contribution in [-0.4, -0.2) is 51.7 Å². The van der Waals surface area contributed by atoms with Gasteiger partial charge in [0, 0.05) is 44.0 Å². The molecule has 9 nitrogen and oxygen atoms in total. The zero-order valence-corrected chi connectivity index (χ0v) is 18.6. The van der Waals surface area contributed by atoms with Crippen LogP contribution in [0.25, 0.3) is 0 Å². The summed E-state index contributed by atoms with van der Waals surface area (Å²) in [6.07, 6.45) is 4.30. The third-order valence-electron chi connectivity index (χ3n) is 5.12. The van der Waals surface area contributed by atoms with E-state index in [1.807, 2.05) is 6.07 Å². The highest BCUT2D eigenvalue weighted by molar-refractivity contribution is 7.92. The smallest absolute Gasteiger partial charge is 0.243 e. The Balaban J connectivity index is 1.54. The van der Waals surface area contributed by atoms with Crippen molar-refractivity contribution in [1.82, 2.24) is 19.3 Å². The van der Waals surface area contributed by atoms with Gasteiger partial charge in [-0.2, -0.15) is 4.31 Å². The van der Waals surface area contributed by atoms with Crippen LogP contribution in [0.4, 0.5) is 0 Å². The zero-order valence-electron chi connectivity index (χ0n) is 17.0. The van der Waals surface area contributed by atoms with Crippen LogP contribution in [0.5, 0.6) is 0 Å². The van der Waals surface area contributed by atoms with Crippen molar-refractivity contribution in [3.05, 3.63) is 65.8 Å². The van der Waals surface area contributed by atoms with Gasteiger partial charge in [0.2, 0.25) is 26.0 Å². The van der Waals surface area contributed by atoms with Gasteiger partial charge >= 0.3 is 0 Å². The Hall–Kier alpha value is -2.47. The lowest BCUT2D eigenvalue weighted by molar-refractivity contribution is -0.120. The molecule has 11 heteroatoms. The molecule has 0 aliphatic carbocycles. The monoisotopic (exact) mass is 466 g/mol. The first-order chi connectivity index (χ1) is 14.7. The second-order valence-electron chi connectivity index (χ2n) is 7.39. The van der Waals surface area contributed by atoms with Gasteiger partial charge in [0.25, 0.3) is 0 Å². The number of hydrogen-bond donors (Lipinski definition) is 3. The van der Waals surface area contributed by atoms with E-state index in [-0.39, 0.29) is 36.2 Å². The number of aromatic nitrogens is 1. The zero-order chi connectivity index (χ0) is 22.5. The maximum atomic E-state index is 12.9. The third-order valence-corrected chi connectivity index (χ3v) is 8.01. The summed E-state index contributed by atoms with van der Waals surface area (Å²) in [7, 11) is -7.22. The standard InChI is InChI=1S/C20H26N4O5S2/c1-2-30(26,27)23-14-18-8-10-24(15-18)31(28,29)19-5-3-16(4-6-19)11-20(25)22-13-17-7-9-21-12-17/h2-7,9,12,18,21,23H,1,8,10-11,13-15H2,(H,22,25)/t18-/m1/s1. The summed E-state index contributed by atoms with van der Waals surface area (Å²) in [5.41, 5.74) is 1.68. The molecule has 31 heavy (non-hydrogen) atoms. The number of carbonyl (C=O) groups is 1. The molecule has 1 amide bonds. The lowest BCUT2D eigenvalue weighted by atomic mass is 10.1. The average Bonchev–Trinajstić information content (AvgIpc) is 3.44. The number of aromatic amines is 1. The molecule has 2 aromatic rings. The van der Waals surface area contributed by atoms with Crippen LogP contribution in [0.15, 0.2) is 59.6 Å². The van der Waals surface area contributed by atoms with Gasteiger partial charge in [-0.1, -0.05) is 18.7 Å². The highest BCUT2D eigenvalue weighted by Crippen LogP contribution is 2.24. The quantitative estimate of drug-likeness (QED) is 0.480. The molecule has 1 aliphatic heterocycles. The van der Waals surface area contributed by atoms with Gasteiger partial charge in [-0.05, 0) is 41.7 Å². The van der Waals surface area contributed by atoms with E-state index in [1.54, 1.807) is 24.5 Å². The topological polar surface area (TPSA) is 128 Å². The van der Waals surface area contributed by atoms with E-state index in [4.69, 9.17) is 0 Å². The Morgan fingerprint density at radius 1 is 1.16 bits per heavy atom. The molecule has 1 saturated heterocycles. The molecule has 3 rings (SSSR count). The lowest BCUT2D eigenvalue weighted by Crippen LogP contribution is -2.32. The fourth-order valence-electron chi connectivity index (χ4n) is 3.32. The number of nitrogens with one attached hydrogen (secondary N) is 3. The molecule has 1 atom stereocenters. The van der Waals surface area contributed by atoms with E-state index in [2.05, 4.69) is 21.6 Å². The van der Waals surface area contributed by atoms with E-state index in [0.717, 1.165) is 11.0 Å². The minimum absolute atomic E-state index is 0.104. The SMILES string of the molecule is C=CS(=O)(=O)NC[C@H]1CCN(S(=O)(=O)c2ccc(CC(=O)NCc3cc[nH]c3)cc2)C1. The van der Waals surface area contributed by atoms with E-state index in [0.29, 0.717) is 25.1 Å². The van der Waals surface area contributed by atoms with E-state index in [9.17, 15) is 21.6 Å². The van der Waals surface area contributed by atoms with Crippen LogP contribution < -0.4 is 10.0 Å². The Kier molecular flexibility index (Phi) is 7.31. The Labute approximate surface area is 182 Å². The Morgan fingerprint density at radius 3 is 2.55 bits per heavy atom. The van der Waals surface area contributed by atoms with Crippen LogP contribution in [0.2, 0.25) is 0 Å². The summed E-state index contributed by atoms with van der Waals surface area (Å²) in [6, 6.07) is 8.13. The van der Waals surface area contributed by atoms with E-state index < -0.39 is 20.0 Å². The Bertz CT molecular complexity index is 1110. The molecule has 1 aromatic carbocycles. The van der Waals surface area contributed by atoms with Gasteiger partial charge in [0.15, 0.2) is 0 Å². The van der Waals surface area contributed by atoms with Gasteiger partial charge in [0.05, 0.1) is 11.3 Å². The summed E-state index contributed by atoms with van der Waals surface area (Å²) in [6.45, 7) is 4.39. The van der Waals surface area contributed by atoms with Crippen LogP contribution >= 0.6 is 0 Å². The predicted octanol–water partition coefficient (Wildman–Crippen LogP) is 0.947. The van der Waals surface area contributed by atoms with Crippen molar-refractivity contribution in [3.8, 4) is 0 Å². The molecule has 0 radical (unpaired) electrons. The number of carbonyl (C=O) groups excluding carboxylic acids is 1. The second-order valence-corrected chi connectivity index (χ2v) is 11.0. The van der Waals surface area contributed by atoms with Gasteiger partial charge in [-0.25, -0.2) is 21.6 Å². The summed E-state index contributed by atoms with van der Waals surface area (Å²) in [5.74, 6) is -0.256. The second kappa shape index (κ2) is 9.77. The highest BCUT2D eigenvalue weighted by Gasteiger charge is 2.32. The molecule has 2 heterocycles. The molecule has 0 saturated carbocycles. The molecule has 0 spiro atoms. The summed E-state index contributed by atoms with van der Waals surface area (Å²) in [4.78, 5) is 15.2. The fraction of sp³-hybridized carbons (Fsp3) is 0.350. The number of H-pyrrole nitrogens is 1. The van der Waals surface area contributed by atoms with Gasteiger partial charge < -0.3 is 10.3 Å². The molecule has 0 unspecified atom stereocenters. The first kappa shape index (κ1) is 23.2. The predicted molar refractivity (Wildman–Crippen MR) is 117 cm³/mol. The summed E-state index contributed by atoms with van der Waals surface area (Å²) < 4.78 is 52.5. The minimum atomic E-state index is -3.68. The number of nitrogens with zero attached hydrogens (tertiary/aromatic N) is 1. The number of amides is 1.